The molecule has 2 fully saturated rings. The molecule has 0 bridgehead atoms. The van der Waals surface area contributed by atoms with E-state index in [0.717, 1.165) is 38.0 Å². The number of rotatable bonds is 4. The first-order valence-corrected chi connectivity index (χ1v) is 9.18. The average Bonchev–Trinajstić information content (AvgIpc) is 3.14. The molecule has 2 aliphatic rings. The number of ether oxygens (including phenoxy) is 1. The fourth-order valence-electron chi connectivity index (χ4n) is 3.65. The molecule has 1 N–H and O–H groups in total. The highest BCUT2D eigenvalue weighted by Gasteiger charge is 2.31. The van der Waals surface area contributed by atoms with Gasteiger partial charge in [-0.15, -0.1) is 5.10 Å². The van der Waals surface area contributed by atoms with Crippen LogP contribution in [-0.4, -0.2) is 57.6 Å². The summed E-state index contributed by atoms with van der Waals surface area (Å²) in [5.41, 5.74) is 0.792. The van der Waals surface area contributed by atoms with Gasteiger partial charge in [0.1, 0.15) is 0 Å². The zero-order valence-electron chi connectivity index (χ0n) is 14.6. The van der Waals surface area contributed by atoms with Crippen molar-refractivity contribution in [2.75, 3.05) is 26.2 Å². The third-order valence-corrected chi connectivity index (χ3v) is 5.22. The molecule has 1 unspecified atom stereocenters. The zero-order valence-corrected chi connectivity index (χ0v) is 14.6. The standard InChI is InChI=1S/C18H23N5O3/c24-16-11-14(3-6-20-16)18(25)22-8-4-13(5-9-22)12-26-17-2-1-15-19-7-10-23(15)21-17/h1-2,7,10,13-14H,3-6,8-9,11-12H2,(H,20,24). The Morgan fingerprint density at radius 3 is 2.92 bits per heavy atom. The number of carbonyl (C=O) groups is 2. The second kappa shape index (κ2) is 7.31. The molecule has 4 heterocycles. The van der Waals surface area contributed by atoms with Crippen molar-refractivity contribution in [3.8, 4) is 5.88 Å². The van der Waals surface area contributed by atoms with Crippen molar-refractivity contribution in [1.82, 2.24) is 24.8 Å². The van der Waals surface area contributed by atoms with Gasteiger partial charge in [-0.25, -0.2) is 9.50 Å². The normalized spacial score (nSPS) is 21.6. The lowest BCUT2D eigenvalue weighted by atomic mass is 9.93. The molecule has 0 radical (unpaired) electrons. The number of hydrogen-bond acceptors (Lipinski definition) is 5. The van der Waals surface area contributed by atoms with Gasteiger partial charge in [0.2, 0.25) is 17.7 Å². The number of amides is 2. The molecule has 0 spiro atoms. The van der Waals surface area contributed by atoms with E-state index in [1.165, 1.54) is 0 Å². The largest absolute Gasteiger partial charge is 0.476 e. The Morgan fingerprint density at radius 2 is 2.12 bits per heavy atom. The Hall–Kier alpha value is -2.64. The molecular weight excluding hydrogens is 334 g/mol. The van der Waals surface area contributed by atoms with Crippen molar-refractivity contribution < 1.29 is 14.3 Å². The number of aromatic nitrogens is 3. The minimum absolute atomic E-state index is 0.0137. The lowest BCUT2D eigenvalue weighted by molar-refractivity contribution is -0.141. The van der Waals surface area contributed by atoms with E-state index >= 15 is 0 Å². The molecule has 2 aromatic heterocycles. The molecular formula is C18H23N5O3. The summed E-state index contributed by atoms with van der Waals surface area (Å²) in [6, 6.07) is 3.71. The third-order valence-electron chi connectivity index (χ3n) is 5.22. The summed E-state index contributed by atoms with van der Waals surface area (Å²) < 4.78 is 7.52. The van der Waals surface area contributed by atoms with Crippen molar-refractivity contribution in [1.29, 1.82) is 0 Å². The van der Waals surface area contributed by atoms with Crippen LogP contribution in [0.2, 0.25) is 0 Å². The van der Waals surface area contributed by atoms with Gasteiger partial charge in [-0.05, 0) is 31.2 Å². The predicted octanol–water partition coefficient (Wildman–Crippen LogP) is 0.873. The smallest absolute Gasteiger partial charge is 0.231 e. The Labute approximate surface area is 151 Å². The van der Waals surface area contributed by atoms with Gasteiger partial charge >= 0.3 is 0 Å². The zero-order chi connectivity index (χ0) is 17.9. The molecule has 4 rings (SSSR count). The van der Waals surface area contributed by atoms with Crippen molar-refractivity contribution >= 4 is 17.5 Å². The van der Waals surface area contributed by atoms with E-state index in [4.69, 9.17) is 4.74 Å². The summed E-state index contributed by atoms with van der Waals surface area (Å²) in [7, 11) is 0. The Bertz CT molecular complexity index is 797. The highest BCUT2D eigenvalue weighted by molar-refractivity contribution is 5.86. The van der Waals surface area contributed by atoms with Gasteiger partial charge in [0.15, 0.2) is 5.65 Å². The van der Waals surface area contributed by atoms with Gasteiger partial charge in [-0.3, -0.25) is 9.59 Å². The summed E-state index contributed by atoms with van der Waals surface area (Å²) in [4.78, 5) is 30.1. The number of carbonyl (C=O) groups excluding carboxylic acids is 2. The van der Waals surface area contributed by atoms with Crippen LogP contribution >= 0.6 is 0 Å². The Balaban J connectivity index is 1.25. The molecule has 2 aromatic rings. The molecule has 2 aliphatic heterocycles. The van der Waals surface area contributed by atoms with Crippen LogP contribution in [-0.2, 0) is 9.59 Å². The van der Waals surface area contributed by atoms with E-state index in [1.807, 2.05) is 17.0 Å². The molecule has 0 aliphatic carbocycles. The van der Waals surface area contributed by atoms with E-state index < -0.39 is 0 Å². The fourth-order valence-corrected chi connectivity index (χ4v) is 3.65. The lowest BCUT2D eigenvalue weighted by Crippen LogP contribution is -2.46. The fraction of sp³-hybridized carbons (Fsp3) is 0.556. The monoisotopic (exact) mass is 357 g/mol. The van der Waals surface area contributed by atoms with Crippen LogP contribution in [0.15, 0.2) is 24.5 Å². The second-order valence-electron chi connectivity index (χ2n) is 7.02. The van der Waals surface area contributed by atoms with Gasteiger partial charge in [0.25, 0.3) is 0 Å². The van der Waals surface area contributed by atoms with Crippen LogP contribution in [0, 0.1) is 11.8 Å². The summed E-state index contributed by atoms with van der Waals surface area (Å²) in [5, 5.41) is 7.14. The maximum Gasteiger partial charge on any atom is 0.231 e. The molecule has 0 saturated carbocycles. The number of nitrogens with zero attached hydrogens (tertiary/aromatic N) is 4. The first-order valence-electron chi connectivity index (χ1n) is 9.18. The number of nitrogens with one attached hydrogen (secondary N) is 1. The number of likely N-dealkylation sites (tertiary alicyclic amines) is 1. The predicted molar refractivity (Wildman–Crippen MR) is 93.5 cm³/mol. The Morgan fingerprint density at radius 1 is 1.27 bits per heavy atom. The van der Waals surface area contributed by atoms with Crippen LogP contribution in [0.25, 0.3) is 5.65 Å². The molecule has 2 saturated heterocycles. The summed E-state index contributed by atoms with van der Waals surface area (Å²) in [5.74, 6) is 0.963. The Kier molecular flexibility index (Phi) is 4.73. The lowest BCUT2D eigenvalue weighted by Gasteiger charge is -2.35. The quantitative estimate of drug-likeness (QED) is 0.877. The van der Waals surface area contributed by atoms with E-state index in [9.17, 15) is 9.59 Å². The van der Waals surface area contributed by atoms with E-state index in [-0.39, 0.29) is 17.7 Å². The molecule has 0 aromatic carbocycles. The van der Waals surface area contributed by atoms with Crippen molar-refractivity contribution in [2.45, 2.75) is 25.7 Å². The second-order valence-corrected chi connectivity index (χ2v) is 7.02. The minimum atomic E-state index is -0.150. The molecule has 8 heteroatoms. The third kappa shape index (κ3) is 3.63. The molecule has 1 atom stereocenters. The highest BCUT2D eigenvalue weighted by Crippen LogP contribution is 2.23. The molecule has 2 amide bonds. The van der Waals surface area contributed by atoms with Crippen molar-refractivity contribution in [3.05, 3.63) is 24.5 Å². The van der Waals surface area contributed by atoms with E-state index in [1.54, 1.807) is 16.9 Å². The maximum absolute atomic E-state index is 12.6. The summed E-state index contributed by atoms with van der Waals surface area (Å²) in [6.07, 6.45) is 6.39. The molecule has 26 heavy (non-hydrogen) atoms. The number of fused-ring (bicyclic) bond motifs is 1. The van der Waals surface area contributed by atoms with Crippen molar-refractivity contribution in [2.24, 2.45) is 11.8 Å². The van der Waals surface area contributed by atoms with Gasteiger partial charge in [0, 0.05) is 50.4 Å². The van der Waals surface area contributed by atoms with Gasteiger partial charge in [-0.2, -0.15) is 0 Å². The minimum Gasteiger partial charge on any atom is -0.476 e. The highest BCUT2D eigenvalue weighted by atomic mass is 16.5. The van der Waals surface area contributed by atoms with Crippen LogP contribution in [0.4, 0.5) is 0 Å². The maximum atomic E-state index is 12.6. The molecule has 8 nitrogen and oxygen atoms in total. The van der Waals surface area contributed by atoms with Crippen LogP contribution in [0.3, 0.4) is 0 Å². The molecule has 138 valence electrons. The van der Waals surface area contributed by atoms with Crippen molar-refractivity contribution in [3.63, 3.8) is 0 Å². The van der Waals surface area contributed by atoms with Crippen LogP contribution in [0.1, 0.15) is 25.7 Å². The number of hydrogen-bond donors (Lipinski definition) is 1. The SMILES string of the molecule is O=C1CC(C(=O)N2CCC(COc3ccc4nccn4n3)CC2)CCN1. The first-order chi connectivity index (χ1) is 12.7. The van der Waals surface area contributed by atoms with E-state index in [0.29, 0.717) is 31.4 Å². The van der Waals surface area contributed by atoms with Crippen LogP contribution < -0.4 is 10.1 Å². The number of piperidine rings is 2. The van der Waals surface area contributed by atoms with Crippen LogP contribution in [0.5, 0.6) is 5.88 Å². The van der Waals surface area contributed by atoms with Gasteiger partial charge in [0.05, 0.1) is 6.61 Å². The van der Waals surface area contributed by atoms with Gasteiger partial charge < -0.3 is 15.0 Å². The van der Waals surface area contributed by atoms with Gasteiger partial charge in [-0.1, -0.05) is 0 Å². The van der Waals surface area contributed by atoms with E-state index in [2.05, 4.69) is 15.4 Å². The number of imidazole rings is 1. The topological polar surface area (TPSA) is 88.8 Å². The summed E-state index contributed by atoms with van der Waals surface area (Å²) in [6.45, 7) is 2.67. The average molecular weight is 357 g/mol. The first kappa shape index (κ1) is 16.8. The summed E-state index contributed by atoms with van der Waals surface area (Å²) >= 11 is 0.